The molecule has 3 heterocycles. The van der Waals surface area contributed by atoms with Gasteiger partial charge in [0.2, 0.25) is 0 Å². The van der Waals surface area contributed by atoms with Crippen LogP contribution in [0, 0.1) is 12.8 Å². The third-order valence-electron chi connectivity index (χ3n) is 6.67. The largest absolute Gasteiger partial charge is 0.417 e. The summed E-state index contributed by atoms with van der Waals surface area (Å²) in [5.74, 6) is 0.481. The summed E-state index contributed by atoms with van der Waals surface area (Å²) in [6, 6.07) is 9.43. The molecule has 1 atom stereocenters. The van der Waals surface area contributed by atoms with Gasteiger partial charge >= 0.3 is 6.18 Å². The standard InChI is InChI=1S/C26H29F3N4O2/c1-3-23(17-8-10-35-11-9-17)33(15-21-6-5-20(14-31-21)26(27,28)29)25(34)18-4-7-22-19(13-18)12-16(2)24(30)32-22/h4-7,12-14,17,23H,3,8-11,15H2,1-2H3,(H2,30,32)/t23-/m0/s1. The Bertz CT molecular complexity index is 1190. The van der Waals surface area contributed by atoms with E-state index in [2.05, 4.69) is 9.97 Å². The van der Waals surface area contributed by atoms with Crippen LogP contribution in [-0.4, -0.2) is 40.0 Å². The van der Waals surface area contributed by atoms with Crippen LogP contribution in [-0.2, 0) is 17.5 Å². The first-order valence-electron chi connectivity index (χ1n) is 11.7. The number of fused-ring (bicyclic) bond motifs is 1. The topological polar surface area (TPSA) is 81.3 Å². The van der Waals surface area contributed by atoms with Crippen LogP contribution in [0.25, 0.3) is 10.9 Å². The maximum Gasteiger partial charge on any atom is 0.417 e. The molecule has 0 unspecified atom stereocenters. The highest BCUT2D eigenvalue weighted by atomic mass is 19.4. The van der Waals surface area contributed by atoms with Gasteiger partial charge in [0.05, 0.1) is 23.3 Å². The van der Waals surface area contributed by atoms with Crippen LogP contribution in [0.4, 0.5) is 19.0 Å². The van der Waals surface area contributed by atoms with E-state index in [1.807, 2.05) is 19.9 Å². The molecule has 0 bridgehead atoms. The van der Waals surface area contributed by atoms with E-state index in [4.69, 9.17) is 10.5 Å². The van der Waals surface area contributed by atoms with Crippen LogP contribution in [0.1, 0.15) is 53.4 Å². The van der Waals surface area contributed by atoms with E-state index in [0.717, 1.165) is 36.1 Å². The number of nitrogen functional groups attached to an aromatic ring is 1. The average Bonchev–Trinajstić information content (AvgIpc) is 2.84. The highest BCUT2D eigenvalue weighted by molar-refractivity contribution is 5.98. The number of aryl methyl sites for hydroxylation is 1. The molecule has 3 aromatic rings. The Labute approximate surface area is 202 Å². The van der Waals surface area contributed by atoms with Crippen molar-refractivity contribution >= 4 is 22.6 Å². The Balaban J connectivity index is 1.69. The van der Waals surface area contributed by atoms with Crippen LogP contribution in [0.15, 0.2) is 42.6 Å². The number of anilines is 1. The van der Waals surface area contributed by atoms with Gasteiger partial charge in [0.25, 0.3) is 5.91 Å². The molecule has 1 saturated heterocycles. The third kappa shape index (κ3) is 5.56. The Morgan fingerprint density at radius 1 is 1.20 bits per heavy atom. The Hall–Kier alpha value is -3.20. The third-order valence-corrected chi connectivity index (χ3v) is 6.67. The minimum atomic E-state index is -4.46. The number of hydrogen-bond acceptors (Lipinski definition) is 5. The van der Waals surface area contributed by atoms with Crippen molar-refractivity contribution in [1.82, 2.24) is 14.9 Å². The van der Waals surface area contributed by atoms with Gasteiger partial charge in [0.15, 0.2) is 0 Å². The lowest BCUT2D eigenvalue weighted by atomic mass is 9.88. The molecule has 2 aromatic heterocycles. The van der Waals surface area contributed by atoms with Crippen molar-refractivity contribution in [3.05, 3.63) is 65.0 Å². The van der Waals surface area contributed by atoms with Crippen molar-refractivity contribution in [2.24, 2.45) is 5.92 Å². The second-order valence-electron chi connectivity index (χ2n) is 8.99. The van der Waals surface area contributed by atoms with Crippen molar-refractivity contribution in [1.29, 1.82) is 0 Å². The number of pyridine rings is 2. The molecule has 0 spiro atoms. The molecule has 4 rings (SSSR count). The van der Waals surface area contributed by atoms with E-state index in [0.29, 0.717) is 42.2 Å². The molecule has 1 aliphatic rings. The number of nitrogens with zero attached hydrogens (tertiary/aromatic N) is 3. The summed E-state index contributed by atoms with van der Waals surface area (Å²) in [4.78, 5) is 24.0. The zero-order valence-electron chi connectivity index (χ0n) is 19.8. The second kappa shape index (κ2) is 10.2. The van der Waals surface area contributed by atoms with Gasteiger partial charge in [-0.05, 0) is 74.1 Å². The molecular weight excluding hydrogens is 457 g/mol. The van der Waals surface area contributed by atoms with Crippen molar-refractivity contribution < 1.29 is 22.7 Å². The lowest BCUT2D eigenvalue weighted by Gasteiger charge is -2.38. The lowest BCUT2D eigenvalue weighted by Crippen LogP contribution is -2.45. The van der Waals surface area contributed by atoms with Crippen LogP contribution in [0.3, 0.4) is 0 Å². The number of carbonyl (C=O) groups is 1. The lowest BCUT2D eigenvalue weighted by molar-refractivity contribution is -0.137. The highest BCUT2D eigenvalue weighted by Gasteiger charge is 2.33. The number of alkyl halides is 3. The zero-order valence-corrected chi connectivity index (χ0v) is 19.8. The predicted octanol–water partition coefficient (Wildman–Crippen LogP) is 5.39. The van der Waals surface area contributed by atoms with Gasteiger partial charge < -0.3 is 15.4 Å². The van der Waals surface area contributed by atoms with Crippen molar-refractivity contribution in [2.75, 3.05) is 18.9 Å². The average molecular weight is 487 g/mol. The number of benzene rings is 1. The number of carbonyl (C=O) groups excluding carboxylic acids is 1. The van der Waals surface area contributed by atoms with Crippen LogP contribution < -0.4 is 5.73 Å². The van der Waals surface area contributed by atoms with Gasteiger partial charge in [-0.25, -0.2) is 4.98 Å². The molecule has 1 amide bonds. The van der Waals surface area contributed by atoms with E-state index in [9.17, 15) is 18.0 Å². The van der Waals surface area contributed by atoms with E-state index < -0.39 is 11.7 Å². The number of hydrogen-bond donors (Lipinski definition) is 1. The van der Waals surface area contributed by atoms with E-state index in [-0.39, 0.29) is 24.4 Å². The maximum atomic E-state index is 13.9. The van der Waals surface area contributed by atoms with E-state index in [1.54, 1.807) is 23.1 Å². The fraction of sp³-hybridized carbons (Fsp3) is 0.423. The zero-order chi connectivity index (χ0) is 25.2. The number of aromatic nitrogens is 2. The molecule has 186 valence electrons. The van der Waals surface area contributed by atoms with E-state index >= 15 is 0 Å². The van der Waals surface area contributed by atoms with Crippen LogP contribution in [0.2, 0.25) is 0 Å². The number of nitrogens with two attached hydrogens (primary N) is 1. The van der Waals surface area contributed by atoms with Gasteiger partial charge in [-0.2, -0.15) is 13.2 Å². The molecule has 1 fully saturated rings. The molecule has 0 aliphatic carbocycles. The number of amides is 1. The predicted molar refractivity (Wildman–Crippen MR) is 128 cm³/mol. The Morgan fingerprint density at radius 3 is 2.57 bits per heavy atom. The smallest absolute Gasteiger partial charge is 0.383 e. The fourth-order valence-corrected chi connectivity index (χ4v) is 4.70. The summed E-state index contributed by atoms with van der Waals surface area (Å²) in [5, 5.41) is 0.800. The summed E-state index contributed by atoms with van der Waals surface area (Å²) in [6.45, 7) is 5.26. The Kier molecular flexibility index (Phi) is 7.25. The first-order chi connectivity index (χ1) is 16.7. The summed E-state index contributed by atoms with van der Waals surface area (Å²) in [5.41, 5.74) is 7.51. The molecule has 2 N–H and O–H groups in total. The molecule has 35 heavy (non-hydrogen) atoms. The highest BCUT2D eigenvalue weighted by Crippen LogP contribution is 2.31. The first kappa shape index (κ1) is 24.9. The number of halogens is 3. The molecule has 1 aromatic carbocycles. The van der Waals surface area contributed by atoms with Crippen molar-refractivity contribution in [3.63, 3.8) is 0 Å². The number of rotatable bonds is 6. The summed E-state index contributed by atoms with van der Waals surface area (Å²) < 4.78 is 44.5. The normalized spacial score (nSPS) is 15.8. The van der Waals surface area contributed by atoms with Gasteiger partial charge in [-0.3, -0.25) is 9.78 Å². The second-order valence-corrected chi connectivity index (χ2v) is 8.99. The molecule has 0 radical (unpaired) electrons. The summed E-state index contributed by atoms with van der Waals surface area (Å²) >= 11 is 0. The summed E-state index contributed by atoms with van der Waals surface area (Å²) in [7, 11) is 0. The molecule has 9 heteroatoms. The number of ether oxygens (including phenoxy) is 1. The van der Waals surface area contributed by atoms with Crippen molar-refractivity contribution in [3.8, 4) is 0 Å². The van der Waals surface area contributed by atoms with Gasteiger partial charge in [0, 0.05) is 36.4 Å². The minimum absolute atomic E-state index is 0.0996. The maximum absolute atomic E-state index is 13.9. The quantitative estimate of drug-likeness (QED) is 0.506. The van der Waals surface area contributed by atoms with Crippen LogP contribution in [0.5, 0.6) is 0 Å². The first-order valence-corrected chi connectivity index (χ1v) is 11.7. The molecule has 1 aliphatic heterocycles. The molecule has 0 saturated carbocycles. The SMILES string of the molecule is CC[C@@H](C1CCOCC1)N(Cc1ccc(C(F)(F)F)cn1)C(=O)c1ccc2nc(N)c(C)cc2c1. The Morgan fingerprint density at radius 2 is 1.94 bits per heavy atom. The minimum Gasteiger partial charge on any atom is -0.383 e. The fourth-order valence-electron chi connectivity index (χ4n) is 4.70. The molecular formula is C26H29F3N4O2. The monoisotopic (exact) mass is 486 g/mol. The summed E-state index contributed by atoms with van der Waals surface area (Å²) in [6.07, 6.45) is -1.29. The van der Waals surface area contributed by atoms with E-state index in [1.165, 1.54) is 6.07 Å². The van der Waals surface area contributed by atoms with Crippen LogP contribution >= 0.6 is 0 Å². The van der Waals surface area contributed by atoms with Gasteiger partial charge in [0.1, 0.15) is 5.82 Å². The van der Waals surface area contributed by atoms with Crippen molar-refractivity contribution in [2.45, 2.75) is 51.9 Å². The van der Waals surface area contributed by atoms with Gasteiger partial charge in [-0.15, -0.1) is 0 Å². The molecule has 6 nitrogen and oxygen atoms in total. The van der Waals surface area contributed by atoms with Gasteiger partial charge in [-0.1, -0.05) is 6.92 Å².